The van der Waals surface area contributed by atoms with Gasteiger partial charge in [0.15, 0.2) is 0 Å². The zero-order valence-corrected chi connectivity index (χ0v) is 8.03. The summed E-state index contributed by atoms with van der Waals surface area (Å²) in [6.45, 7) is 3.56. The minimum absolute atomic E-state index is 0.259. The molecule has 0 spiro atoms. The fraction of sp³-hybridized carbons (Fsp3) is 0.182. The molecule has 3 nitrogen and oxygen atoms in total. The van der Waals surface area contributed by atoms with E-state index in [1.165, 1.54) is 0 Å². The van der Waals surface area contributed by atoms with Crippen LogP contribution in [-0.2, 0) is 16.1 Å². The number of rotatable bonds is 4. The van der Waals surface area contributed by atoms with Crippen molar-refractivity contribution in [3.63, 3.8) is 0 Å². The molecule has 74 valence electrons. The standard InChI is InChI=1S/C11H12O3/c1-3-11(12)14-8-9-4-6-10(13-2)7-5-9/h3-7H,1,8H2,2H3/i3+1,11+1. The van der Waals surface area contributed by atoms with Crippen LogP contribution in [-0.4, -0.2) is 13.1 Å². The zero-order chi connectivity index (χ0) is 10.4. The Morgan fingerprint density at radius 1 is 1.43 bits per heavy atom. The van der Waals surface area contributed by atoms with E-state index in [4.69, 9.17) is 9.47 Å². The molecule has 0 aliphatic heterocycles. The Morgan fingerprint density at radius 3 is 2.57 bits per heavy atom. The van der Waals surface area contributed by atoms with Gasteiger partial charge in [-0.1, -0.05) is 18.7 Å². The third-order valence-corrected chi connectivity index (χ3v) is 1.71. The van der Waals surface area contributed by atoms with Crippen molar-refractivity contribution >= 4 is 5.97 Å². The molecule has 3 heteroatoms. The van der Waals surface area contributed by atoms with Crippen LogP contribution in [0, 0.1) is 0 Å². The first-order valence-corrected chi connectivity index (χ1v) is 4.18. The minimum Gasteiger partial charge on any atom is -0.497 e. The summed E-state index contributed by atoms with van der Waals surface area (Å²) < 4.78 is 9.84. The van der Waals surface area contributed by atoms with E-state index < -0.39 is 5.97 Å². The lowest BCUT2D eigenvalue weighted by molar-refractivity contribution is -0.138. The van der Waals surface area contributed by atoms with Crippen molar-refractivity contribution in [1.29, 1.82) is 0 Å². The first kappa shape index (κ1) is 10.3. The number of hydrogen-bond acceptors (Lipinski definition) is 3. The van der Waals surface area contributed by atoms with Gasteiger partial charge in [0.05, 0.1) is 7.11 Å². The van der Waals surface area contributed by atoms with E-state index in [1.807, 2.05) is 24.3 Å². The van der Waals surface area contributed by atoms with Crippen LogP contribution in [0.3, 0.4) is 0 Å². The first-order chi connectivity index (χ1) is 6.76. The Morgan fingerprint density at radius 2 is 2.07 bits per heavy atom. The molecule has 1 aromatic carbocycles. The van der Waals surface area contributed by atoms with Gasteiger partial charge in [-0.2, -0.15) is 0 Å². The molecule has 0 N–H and O–H groups in total. The van der Waals surface area contributed by atoms with Gasteiger partial charge in [0.2, 0.25) is 0 Å². The highest BCUT2D eigenvalue weighted by molar-refractivity contribution is 5.81. The van der Waals surface area contributed by atoms with Crippen molar-refractivity contribution in [2.24, 2.45) is 0 Å². The average molecular weight is 194 g/mol. The molecular formula is C11H12O3. The van der Waals surface area contributed by atoms with Crippen LogP contribution in [0.5, 0.6) is 5.75 Å². The maximum absolute atomic E-state index is 10.7. The van der Waals surface area contributed by atoms with Crippen LogP contribution in [0.1, 0.15) is 5.56 Å². The summed E-state index contributed by atoms with van der Waals surface area (Å²) in [6.07, 6.45) is 1.14. The Bertz CT molecular complexity index is 314. The first-order valence-electron chi connectivity index (χ1n) is 4.18. The highest BCUT2D eigenvalue weighted by Crippen LogP contribution is 2.11. The largest absolute Gasteiger partial charge is 0.497 e. The fourth-order valence-corrected chi connectivity index (χ4v) is 0.935. The van der Waals surface area contributed by atoms with Gasteiger partial charge in [-0.15, -0.1) is 0 Å². The average Bonchev–Trinajstić information content (AvgIpc) is 2.26. The second kappa shape index (κ2) is 5.07. The highest BCUT2D eigenvalue weighted by atomic mass is 16.6. The number of esters is 1. The highest BCUT2D eigenvalue weighted by Gasteiger charge is 1.97. The number of benzene rings is 1. The summed E-state index contributed by atoms with van der Waals surface area (Å²) >= 11 is 0. The minimum atomic E-state index is -0.416. The van der Waals surface area contributed by atoms with Gasteiger partial charge in [-0.3, -0.25) is 0 Å². The van der Waals surface area contributed by atoms with Crippen molar-refractivity contribution in [1.82, 2.24) is 0 Å². The number of carbonyl (C=O) groups is 1. The smallest absolute Gasteiger partial charge is 0.330 e. The third kappa shape index (κ3) is 2.94. The molecule has 0 saturated heterocycles. The van der Waals surface area contributed by atoms with Crippen LogP contribution < -0.4 is 4.74 Å². The van der Waals surface area contributed by atoms with E-state index in [9.17, 15) is 4.79 Å². The summed E-state index contributed by atoms with van der Waals surface area (Å²) in [7, 11) is 1.60. The maximum atomic E-state index is 10.7. The van der Waals surface area contributed by atoms with Crippen molar-refractivity contribution in [3.05, 3.63) is 42.5 Å². The van der Waals surface area contributed by atoms with Gasteiger partial charge >= 0.3 is 5.97 Å². The number of carbonyl (C=O) groups excluding carboxylic acids is 1. The number of methoxy groups -OCH3 is 1. The molecule has 1 rings (SSSR count). The van der Waals surface area contributed by atoms with Crippen LogP contribution >= 0.6 is 0 Å². The molecule has 0 saturated carbocycles. The van der Waals surface area contributed by atoms with Crippen molar-refractivity contribution < 1.29 is 14.3 Å². The Balaban J connectivity index is 2.51. The van der Waals surface area contributed by atoms with Gasteiger partial charge in [0.25, 0.3) is 0 Å². The SMILES string of the molecule is C=[13CH][13C](=O)OCc1ccc(OC)cc1. The Labute approximate surface area is 83.0 Å². The second-order valence-corrected chi connectivity index (χ2v) is 2.66. The molecule has 0 fully saturated rings. The molecule has 1 aromatic rings. The van der Waals surface area contributed by atoms with E-state index in [1.54, 1.807) is 7.11 Å². The molecule has 0 unspecified atom stereocenters. The molecular weight excluding hydrogens is 182 g/mol. The summed E-state index contributed by atoms with van der Waals surface area (Å²) in [5.74, 6) is 0.365. The summed E-state index contributed by atoms with van der Waals surface area (Å²) in [5.41, 5.74) is 0.918. The molecule has 14 heavy (non-hydrogen) atoms. The summed E-state index contributed by atoms with van der Waals surface area (Å²) in [6, 6.07) is 7.32. The van der Waals surface area contributed by atoms with Crippen LogP contribution in [0.15, 0.2) is 36.9 Å². The van der Waals surface area contributed by atoms with Crippen LogP contribution in [0.25, 0.3) is 0 Å². The topological polar surface area (TPSA) is 35.5 Å². The van der Waals surface area contributed by atoms with Gasteiger partial charge < -0.3 is 9.47 Å². The Hall–Kier alpha value is -1.77. The predicted octanol–water partition coefficient (Wildman–Crippen LogP) is 1.92. The quantitative estimate of drug-likeness (QED) is 0.417. The van der Waals surface area contributed by atoms with Crippen molar-refractivity contribution in [2.45, 2.75) is 6.61 Å². The van der Waals surface area contributed by atoms with Gasteiger partial charge in [-0.25, -0.2) is 4.79 Å². The van der Waals surface area contributed by atoms with E-state index in [2.05, 4.69) is 6.58 Å². The van der Waals surface area contributed by atoms with E-state index >= 15 is 0 Å². The zero-order valence-electron chi connectivity index (χ0n) is 8.03. The molecule has 0 aromatic heterocycles. The lowest BCUT2D eigenvalue weighted by atomic mass is 10.2. The van der Waals surface area contributed by atoms with Gasteiger partial charge in [-0.05, 0) is 17.7 Å². The molecule has 0 aliphatic rings. The van der Waals surface area contributed by atoms with Gasteiger partial charge in [0, 0.05) is 6.08 Å². The lowest BCUT2D eigenvalue weighted by Gasteiger charge is -2.03. The third-order valence-electron chi connectivity index (χ3n) is 1.71. The lowest BCUT2D eigenvalue weighted by Crippen LogP contribution is -1.99. The number of hydrogen-bond donors (Lipinski definition) is 0. The molecule has 0 atom stereocenters. The molecule has 0 heterocycles. The molecule has 0 radical (unpaired) electrons. The molecule has 0 bridgehead atoms. The van der Waals surface area contributed by atoms with Crippen LogP contribution in [0.4, 0.5) is 0 Å². The summed E-state index contributed by atoms with van der Waals surface area (Å²) in [5, 5.41) is 0. The van der Waals surface area contributed by atoms with E-state index in [0.717, 1.165) is 17.4 Å². The summed E-state index contributed by atoms with van der Waals surface area (Å²) in [4.78, 5) is 10.7. The van der Waals surface area contributed by atoms with E-state index in [-0.39, 0.29) is 6.61 Å². The van der Waals surface area contributed by atoms with Gasteiger partial charge in [0.1, 0.15) is 12.4 Å². The second-order valence-electron chi connectivity index (χ2n) is 2.66. The predicted molar refractivity (Wildman–Crippen MR) is 53.0 cm³/mol. The fourth-order valence-electron chi connectivity index (χ4n) is 0.935. The molecule has 0 aliphatic carbocycles. The maximum Gasteiger partial charge on any atom is 0.330 e. The van der Waals surface area contributed by atoms with Crippen molar-refractivity contribution in [2.75, 3.05) is 7.11 Å². The monoisotopic (exact) mass is 194 g/mol. The van der Waals surface area contributed by atoms with Crippen molar-refractivity contribution in [3.8, 4) is 5.75 Å². The van der Waals surface area contributed by atoms with E-state index in [0.29, 0.717) is 0 Å². The molecule has 0 amide bonds. The normalized spacial score (nSPS) is 9.21. The Kier molecular flexibility index (Phi) is 3.73. The number of ether oxygens (including phenoxy) is 2. The van der Waals surface area contributed by atoms with Crippen LogP contribution in [0.2, 0.25) is 0 Å².